The third kappa shape index (κ3) is 7.92. The number of amides is 2. The van der Waals surface area contributed by atoms with E-state index >= 15 is 0 Å². The van der Waals surface area contributed by atoms with E-state index in [2.05, 4.69) is 10.4 Å². The van der Waals surface area contributed by atoms with Crippen molar-refractivity contribution in [3.8, 4) is 0 Å². The molecule has 0 fully saturated rings. The summed E-state index contributed by atoms with van der Waals surface area (Å²) in [6, 6.07) is 17.2. The highest BCUT2D eigenvalue weighted by atomic mass is 35.5. The van der Waals surface area contributed by atoms with Gasteiger partial charge in [-0.05, 0) is 98.0 Å². The molecule has 0 saturated heterocycles. The van der Waals surface area contributed by atoms with E-state index in [0.717, 1.165) is 63.3 Å². The van der Waals surface area contributed by atoms with Gasteiger partial charge in [-0.3, -0.25) is 9.59 Å². The Morgan fingerprint density at radius 1 is 1.03 bits per heavy atom. The predicted octanol–water partition coefficient (Wildman–Crippen LogP) is 5.62. The SMILES string of the molecule is CC1=C(N(/N=C/C(N)=O)c2ccc(S(C)(=O)=O)cc2)c2cc(NC=O)ccc2CC1.Cc1cc(Cl)ccc1Cl. The molecule has 3 aromatic rings. The van der Waals surface area contributed by atoms with Crippen LogP contribution in [0, 0.1) is 6.92 Å². The number of primary amides is 1. The fraction of sp³-hybridized carbons (Fsp3) is 0.179. The Morgan fingerprint density at radius 3 is 2.28 bits per heavy atom. The maximum absolute atomic E-state index is 11.8. The molecule has 3 aromatic carbocycles. The molecule has 3 N–H and O–H groups in total. The number of carbonyl (C=O) groups excluding carboxylic acids is 2. The van der Waals surface area contributed by atoms with Crippen molar-refractivity contribution in [3.05, 3.63) is 93.0 Å². The normalized spacial score (nSPS) is 12.8. The van der Waals surface area contributed by atoms with Gasteiger partial charge in [0.2, 0.25) is 6.41 Å². The zero-order valence-corrected chi connectivity index (χ0v) is 23.9. The zero-order valence-electron chi connectivity index (χ0n) is 21.6. The van der Waals surface area contributed by atoms with E-state index in [0.29, 0.717) is 17.8 Å². The zero-order chi connectivity index (χ0) is 28.7. The van der Waals surface area contributed by atoms with Crippen molar-refractivity contribution in [1.29, 1.82) is 0 Å². The van der Waals surface area contributed by atoms with E-state index in [1.807, 2.05) is 38.1 Å². The topological polar surface area (TPSA) is 122 Å². The molecule has 0 atom stereocenters. The summed E-state index contributed by atoms with van der Waals surface area (Å²) in [4.78, 5) is 22.4. The van der Waals surface area contributed by atoms with Gasteiger partial charge in [0.1, 0.15) is 6.21 Å². The number of rotatable bonds is 7. The van der Waals surface area contributed by atoms with Crippen LogP contribution in [0.4, 0.5) is 11.4 Å². The van der Waals surface area contributed by atoms with Crippen LogP contribution in [0.5, 0.6) is 0 Å². The van der Waals surface area contributed by atoms with E-state index < -0.39 is 15.7 Å². The Labute approximate surface area is 238 Å². The van der Waals surface area contributed by atoms with Gasteiger partial charge >= 0.3 is 0 Å². The van der Waals surface area contributed by atoms with Crippen LogP contribution < -0.4 is 16.1 Å². The van der Waals surface area contributed by atoms with Crippen LogP contribution in [-0.4, -0.2) is 33.2 Å². The Kier molecular flexibility index (Phi) is 9.91. The molecule has 204 valence electrons. The summed E-state index contributed by atoms with van der Waals surface area (Å²) in [6.07, 6.45) is 4.36. The van der Waals surface area contributed by atoms with Gasteiger partial charge in [-0.2, -0.15) is 5.10 Å². The lowest BCUT2D eigenvalue weighted by Gasteiger charge is -2.30. The van der Waals surface area contributed by atoms with Crippen molar-refractivity contribution in [2.45, 2.75) is 31.6 Å². The number of hydrogen-bond donors (Lipinski definition) is 2. The number of nitrogens with two attached hydrogens (primary N) is 1. The van der Waals surface area contributed by atoms with Crippen LogP contribution >= 0.6 is 23.2 Å². The molecule has 0 heterocycles. The fourth-order valence-corrected chi connectivity index (χ4v) is 4.92. The van der Waals surface area contributed by atoms with Gasteiger partial charge in [0.05, 0.1) is 16.3 Å². The second kappa shape index (κ2) is 12.9. The summed E-state index contributed by atoms with van der Waals surface area (Å²) < 4.78 is 23.6. The molecule has 0 radical (unpaired) electrons. The summed E-state index contributed by atoms with van der Waals surface area (Å²) >= 11 is 11.4. The van der Waals surface area contributed by atoms with Crippen LogP contribution in [0.3, 0.4) is 0 Å². The maximum atomic E-state index is 11.8. The van der Waals surface area contributed by atoms with E-state index in [-0.39, 0.29) is 4.90 Å². The summed E-state index contributed by atoms with van der Waals surface area (Å²) in [6.45, 7) is 3.89. The molecule has 11 heteroatoms. The van der Waals surface area contributed by atoms with E-state index in [9.17, 15) is 18.0 Å². The molecule has 0 aliphatic heterocycles. The Bertz CT molecular complexity index is 1550. The standard InChI is InChI=1S/C21H22N4O4S.C7H6Cl2/c1-14-3-4-15-5-6-16(23-13-26)11-19(15)21(14)25(24-12-20(22)27)17-7-9-18(10-8-17)30(2,28)29;1-5-4-6(8)2-3-7(5)9/h5-13H,3-4H2,1-2H3,(H2,22,27)(H,23,26);2-4H,1H3/b24-12+;. The molecule has 0 unspecified atom stereocenters. The fourth-order valence-electron chi connectivity index (χ4n) is 3.95. The van der Waals surface area contributed by atoms with E-state index in [1.54, 1.807) is 29.3 Å². The van der Waals surface area contributed by atoms with Crippen molar-refractivity contribution in [2.75, 3.05) is 16.6 Å². The number of carbonyl (C=O) groups is 2. The smallest absolute Gasteiger partial charge is 0.261 e. The number of allylic oxidation sites excluding steroid dienone is 1. The lowest BCUT2D eigenvalue weighted by molar-refractivity contribution is -0.111. The minimum atomic E-state index is -3.35. The average Bonchev–Trinajstić information content (AvgIpc) is 2.88. The minimum Gasteiger partial charge on any atom is -0.365 e. The molecule has 0 aromatic heterocycles. The summed E-state index contributed by atoms with van der Waals surface area (Å²) in [5.41, 5.74) is 11.2. The monoisotopic (exact) mass is 586 g/mol. The third-order valence-corrected chi connectivity index (χ3v) is 7.69. The Hall–Kier alpha value is -3.66. The number of nitrogens with zero attached hydrogens (tertiary/aromatic N) is 2. The van der Waals surface area contributed by atoms with Gasteiger partial charge in [0, 0.05) is 27.6 Å². The second-order valence-corrected chi connectivity index (χ2v) is 11.7. The van der Waals surface area contributed by atoms with E-state index in [1.165, 1.54) is 12.1 Å². The van der Waals surface area contributed by atoms with Crippen LogP contribution in [0.15, 0.2) is 76.2 Å². The number of hydrogen-bond acceptors (Lipinski definition) is 6. The van der Waals surface area contributed by atoms with Crippen LogP contribution in [0.25, 0.3) is 5.70 Å². The number of nitrogens with one attached hydrogen (secondary N) is 1. The van der Waals surface area contributed by atoms with Gasteiger partial charge < -0.3 is 11.1 Å². The number of sulfone groups is 1. The number of benzene rings is 3. The average molecular weight is 588 g/mol. The number of aryl methyl sites for hydroxylation is 2. The summed E-state index contributed by atoms with van der Waals surface area (Å²) in [5, 5.41) is 9.98. The molecule has 0 spiro atoms. The number of anilines is 2. The van der Waals surface area contributed by atoms with Gasteiger partial charge in [-0.25, -0.2) is 13.4 Å². The quantitative estimate of drug-likeness (QED) is 0.211. The first-order valence-corrected chi connectivity index (χ1v) is 14.4. The highest BCUT2D eigenvalue weighted by molar-refractivity contribution is 7.90. The predicted molar refractivity (Wildman–Crippen MR) is 158 cm³/mol. The van der Waals surface area contributed by atoms with E-state index in [4.69, 9.17) is 28.9 Å². The molecule has 1 aliphatic rings. The maximum Gasteiger partial charge on any atom is 0.261 e. The molecular formula is C28H28Cl2N4O4S. The molecule has 8 nitrogen and oxygen atoms in total. The van der Waals surface area contributed by atoms with Gasteiger partial charge in [0.25, 0.3) is 5.91 Å². The van der Waals surface area contributed by atoms with Crippen molar-refractivity contribution < 1.29 is 18.0 Å². The lowest BCUT2D eigenvalue weighted by Crippen LogP contribution is -2.23. The number of halogens is 2. The van der Waals surface area contributed by atoms with Crippen LogP contribution in [0.2, 0.25) is 10.0 Å². The minimum absolute atomic E-state index is 0.178. The highest BCUT2D eigenvalue weighted by Gasteiger charge is 2.24. The molecule has 4 rings (SSSR count). The van der Waals surface area contributed by atoms with Crippen molar-refractivity contribution in [3.63, 3.8) is 0 Å². The third-order valence-electron chi connectivity index (χ3n) is 5.91. The van der Waals surface area contributed by atoms with Crippen LogP contribution in [-0.2, 0) is 25.8 Å². The molecule has 2 amide bonds. The number of hydrazone groups is 1. The molecule has 0 bridgehead atoms. The summed E-state index contributed by atoms with van der Waals surface area (Å²) in [5.74, 6) is -0.710. The first kappa shape index (κ1) is 29.9. The molecule has 1 aliphatic carbocycles. The van der Waals surface area contributed by atoms with Crippen molar-refractivity contribution in [2.24, 2.45) is 10.8 Å². The largest absolute Gasteiger partial charge is 0.365 e. The molecular weight excluding hydrogens is 559 g/mol. The lowest BCUT2D eigenvalue weighted by atomic mass is 9.89. The molecule has 39 heavy (non-hydrogen) atoms. The first-order valence-electron chi connectivity index (χ1n) is 11.8. The van der Waals surface area contributed by atoms with Gasteiger partial charge in [0.15, 0.2) is 9.84 Å². The van der Waals surface area contributed by atoms with Gasteiger partial charge in [-0.1, -0.05) is 29.3 Å². The second-order valence-electron chi connectivity index (χ2n) is 8.88. The number of fused-ring (bicyclic) bond motifs is 1. The summed E-state index contributed by atoms with van der Waals surface area (Å²) in [7, 11) is -3.35. The van der Waals surface area contributed by atoms with Crippen molar-refractivity contribution in [1.82, 2.24) is 0 Å². The van der Waals surface area contributed by atoms with Crippen molar-refractivity contribution >= 4 is 68.6 Å². The molecule has 0 saturated carbocycles. The Balaban J connectivity index is 0.000000395. The first-order chi connectivity index (χ1) is 18.4. The Morgan fingerprint density at radius 2 is 1.72 bits per heavy atom. The van der Waals surface area contributed by atoms with Crippen LogP contribution in [0.1, 0.15) is 30.0 Å². The highest BCUT2D eigenvalue weighted by Crippen LogP contribution is 2.38. The van der Waals surface area contributed by atoms with Gasteiger partial charge in [-0.15, -0.1) is 0 Å².